The Hall–Kier alpha value is 0.0500. The van der Waals surface area contributed by atoms with E-state index in [1.54, 1.807) is 12.1 Å². The molecule has 0 aromatic heterocycles. The van der Waals surface area contributed by atoms with Gasteiger partial charge in [0, 0.05) is 22.1 Å². The second-order valence-corrected chi connectivity index (χ2v) is 8.39. The first kappa shape index (κ1) is 16.4. The summed E-state index contributed by atoms with van der Waals surface area (Å²) in [5, 5.41) is 0. The number of ether oxygens (including phenoxy) is 1. The van der Waals surface area contributed by atoms with Gasteiger partial charge in [0.1, 0.15) is 0 Å². The van der Waals surface area contributed by atoms with Crippen molar-refractivity contribution in [3.05, 3.63) is 26.6 Å². The van der Waals surface area contributed by atoms with E-state index in [0.29, 0.717) is 17.0 Å². The van der Waals surface area contributed by atoms with Crippen molar-refractivity contribution in [1.82, 2.24) is 4.72 Å². The zero-order chi connectivity index (χ0) is 14.8. The summed E-state index contributed by atoms with van der Waals surface area (Å²) in [6.45, 7) is 3.33. The van der Waals surface area contributed by atoms with Gasteiger partial charge in [-0.25, -0.2) is 13.1 Å². The van der Waals surface area contributed by atoms with Gasteiger partial charge in [-0.3, -0.25) is 0 Å². The molecule has 4 nitrogen and oxygen atoms in total. The van der Waals surface area contributed by atoms with Crippen LogP contribution in [-0.2, 0) is 14.8 Å². The summed E-state index contributed by atoms with van der Waals surface area (Å²) in [7, 11) is -3.52. The molecule has 1 N–H and O–H groups in total. The average molecular weight is 427 g/mol. The third-order valence-electron chi connectivity index (χ3n) is 3.09. The van der Waals surface area contributed by atoms with Crippen LogP contribution in [0.5, 0.6) is 0 Å². The molecule has 0 aliphatic heterocycles. The minimum Gasteiger partial charge on any atom is -0.380 e. The van der Waals surface area contributed by atoms with Crippen LogP contribution in [-0.4, -0.2) is 28.2 Å². The Balaban J connectivity index is 1.93. The van der Waals surface area contributed by atoms with E-state index >= 15 is 0 Å². The van der Waals surface area contributed by atoms with Crippen molar-refractivity contribution in [2.45, 2.75) is 24.7 Å². The largest absolute Gasteiger partial charge is 0.380 e. The highest BCUT2D eigenvalue weighted by atomic mass is 79.9. The van der Waals surface area contributed by atoms with E-state index < -0.39 is 10.0 Å². The molecule has 1 aliphatic rings. The molecule has 1 aromatic carbocycles. The van der Waals surface area contributed by atoms with Gasteiger partial charge in [0.2, 0.25) is 10.0 Å². The van der Waals surface area contributed by atoms with Crippen LogP contribution in [0.15, 0.2) is 26.0 Å². The van der Waals surface area contributed by atoms with Gasteiger partial charge in [-0.15, -0.1) is 0 Å². The molecular formula is C13H17Br2NO3S. The fourth-order valence-corrected chi connectivity index (χ4v) is 4.38. The summed E-state index contributed by atoms with van der Waals surface area (Å²) in [6.07, 6.45) is 2.46. The molecule has 0 bridgehead atoms. The first-order chi connectivity index (χ1) is 9.40. The van der Waals surface area contributed by atoms with Crippen molar-refractivity contribution in [2.75, 3.05) is 19.8 Å². The molecule has 1 aromatic rings. The van der Waals surface area contributed by atoms with Crippen LogP contribution in [0.25, 0.3) is 0 Å². The Labute approximate surface area is 136 Å². The molecule has 1 aliphatic carbocycles. The van der Waals surface area contributed by atoms with Crippen LogP contribution in [0.3, 0.4) is 0 Å². The summed E-state index contributed by atoms with van der Waals surface area (Å²) < 4.78 is 33.7. The van der Waals surface area contributed by atoms with Crippen LogP contribution in [0.4, 0.5) is 0 Å². The number of benzene rings is 1. The second-order valence-electron chi connectivity index (χ2n) is 4.95. The predicted molar refractivity (Wildman–Crippen MR) is 85.3 cm³/mol. The number of nitrogens with one attached hydrogen (secondary N) is 1. The molecule has 0 atom stereocenters. The topological polar surface area (TPSA) is 55.4 Å². The number of halogens is 2. The highest BCUT2D eigenvalue weighted by Crippen LogP contribution is 2.29. The van der Waals surface area contributed by atoms with Gasteiger partial charge in [-0.2, -0.15) is 0 Å². The van der Waals surface area contributed by atoms with E-state index in [1.165, 1.54) is 12.8 Å². The molecule has 7 heteroatoms. The van der Waals surface area contributed by atoms with E-state index in [4.69, 9.17) is 4.74 Å². The van der Waals surface area contributed by atoms with Gasteiger partial charge in [-0.05, 0) is 59.3 Å². The van der Waals surface area contributed by atoms with Crippen LogP contribution in [0.2, 0.25) is 0 Å². The Morgan fingerprint density at radius 3 is 2.65 bits per heavy atom. The maximum absolute atomic E-state index is 12.2. The summed E-state index contributed by atoms with van der Waals surface area (Å²) in [5.74, 6) is 0.689. The molecule has 20 heavy (non-hydrogen) atoms. The summed E-state index contributed by atoms with van der Waals surface area (Å²) in [5.41, 5.74) is 0.976. The molecule has 0 saturated heterocycles. The van der Waals surface area contributed by atoms with E-state index in [1.807, 2.05) is 6.92 Å². The molecule has 0 radical (unpaired) electrons. The summed E-state index contributed by atoms with van der Waals surface area (Å²) >= 11 is 6.65. The van der Waals surface area contributed by atoms with E-state index in [9.17, 15) is 8.42 Å². The van der Waals surface area contributed by atoms with Gasteiger partial charge in [0.05, 0.1) is 11.5 Å². The quantitative estimate of drug-likeness (QED) is 0.681. The molecule has 1 fully saturated rings. The Kier molecular flexibility index (Phi) is 5.64. The first-order valence-electron chi connectivity index (χ1n) is 6.43. The van der Waals surface area contributed by atoms with Crippen molar-refractivity contribution in [1.29, 1.82) is 0 Å². The standard InChI is InChI=1S/C13H17Br2NO3S/c1-9-6-12(15)13(7-11(9)14)20(17,18)16-4-5-19-8-10-2-3-10/h6-7,10,16H,2-5,8H2,1H3. The zero-order valence-electron chi connectivity index (χ0n) is 11.2. The maximum Gasteiger partial charge on any atom is 0.241 e. The zero-order valence-corrected chi connectivity index (χ0v) is 15.1. The van der Waals surface area contributed by atoms with Gasteiger partial charge in [-0.1, -0.05) is 15.9 Å². The number of aryl methyl sites for hydroxylation is 1. The molecular weight excluding hydrogens is 410 g/mol. The number of sulfonamides is 1. The van der Waals surface area contributed by atoms with E-state index in [2.05, 4.69) is 36.6 Å². The minimum atomic E-state index is -3.52. The highest BCUT2D eigenvalue weighted by molar-refractivity contribution is 9.11. The lowest BCUT2D eigenvalue weighted by molar-refractivity contribution is 0.129. The maximum atomic E-state index is 12.2. The third kappa shape index (κ3) is 4.53. The molecule has 1 saturated carbocycles. The predicted octanol–water partition coefficient (Wildman–Crippen LogP) is 3.22. The normalized spacial score (nSPS) is 15.6. The Morgan fingerprint density at radius 1 is 1.30 bits per heavy atom. The SMILES string of the molecule is Cc1cc(Br)c(S(=O)(=O)NCCOCC2CC2)cc1Br. The average Bonchev–Trinajstić information content (AvgIpc) is 3.17. The third-order valence-corrected chi connectivity index (χ3v) is 6.37. The molecule has 0 amide bonds. The second kappa shape index (κ2) is 6.87. The molecule has 112 valence electrons. The smallest absolute Gasteiger partial charge is 0.241 e. The monoisotopic (exact) mass is 425 g/mol. The van der Waals surface area contributed by atoms with Crippen molar-refractivity contribution in [3.8, 4) is 0 Å². The first-order valence-corrected chi connectivity index (χ1v) is 9.50. The fourth-order valence-electron chi connectivity index (χ4n) is 1.69. The van der Waals surface area contributed by atoms with Crippen molar-refractivity contribution in [3.63, 3.8) is 0 Å². The van der Waals surface area contributed by atoms with E-state index in [-0.39, 0.29) is 11.4 Å². The van der Waals surface area contributed by atoms with Crippen LogP contribution >= 0.6 is 31.9 Å². The van der Waals surface area contributed by atoms with Crippen LogP contribution in [0.1, 0.15) is 18.4 Å². The summed E-state index contributed by atoms with van der Waals surface area (Å²) in [4.78, 5) is 0.233. The van der Waals surface area contributed by atoms with Gasteiger partial charge in [0.25, 0.3) is 0 Å². The lowest BCUT2D eigenvalue weighted by Crippen LogP contribution is -2.28. The number of hydrogen-bond acceptors (Lipinski definition) is 3. The van der Waals surface area contributed by atoms with Gasteiger partial charge in [0.15, 0.2) is 0 Å². The Morgan fingerprint density at radius 2 is 2.00 bits per heavy atom. The highest BCUT2D eigenvalue weighted by Gasteiger charge is 2.21. The van der Waals surface area contributed by atoms with Crippen molar-refractivity contribution < 1.29 is 13.2 Å². The molecule has 2 rings (SSSR count). The lowest BCUT2D eigenvalue weighted by atomic mass is 10.2. The lowest BCUT2D eigenvalue weighted by Gasteiger charge is -2.10. The fraction of sp³-hybridized carbons (Fsp3) is 0.538. The summed E-state index contributed by atoms with van der Waals surface area (Å²) in [6, 6.07) is 3.38. The molecule has 0 spiro atoms. The molecule has 0 heterocycles. The molecule has 0 unspecified atom stereocenters. The number of hydrogen-bond donors (Lipinski definition) is 1. The minimum absolute atomic E-state index is 0.233. The Bertz CT molecular complexity index is 586. The number of rotatable bonds is 7. The van der Waals surface area contributed by atoms with Crippen molar-refractivity contribution >= 4 is 41.9 Å². The van der Waals surface area contributed by atoms with E-state index in [0.717, 1.165) is 16.6 Å². The van der Waals surface area contributed by atoms with Gasteiger partial charge >= 0.3 is 0 Å². The van der Waals surface area contributed by atoms with Crippen LogP contribution in [0, 0.1) is 12.8 Å². The van der Waals surface area contributed by atoms with Crippen LogP contribution < -0.4 is 4.72 Å². The van der Waals surface area contributed by atoms with Gasteiger partial charge < -0.3 is 4.74 Å². The van der Waals surface area contributed by atoms with Crippen molar-refractivity contribution in [2.24, 2.45) is 5.92 Å².